The van der Waals surface area contributed by atoms with E-state index >= 15 is 0 Å². The van der Waals surface area contributed by atoms with E-state index in [9.17, 15) is 9.59 Å². The van der Waals surface area contributed by atoms with Gasteiger partial charge in [0, 0.05) is 13.1 Å². The summed E-state index contributed by atoms with van der Waals surface area (Å²) in [7, 11) is 0. The van der Waals surface area contributed by atoms with Crippen LogP contribution in [0, 0.1) is 0 Å². The Morgan fingerprint density at radius 3 is 2.68 bits per heavy atom. The number of carbonyl (C=O) groups excluding carboxylic acids is 2. The molecule has 22 heavy (non-hydrogen) atoms. The molecule has 2 heterocycles. The third kappa shape index (κ3) is 2.80. The summed E-state index contributed by atoms with van der Waals surface area (Å²) in [6.07, 6.45) is 4.03. The van der Waals surface area contributed by atoms with Crippen molar-refractivity contribution >= 4 is 23.2 Å². The van der Waals surface area contributed by atoms with Gasteiger partial charge in [-0.3, -0.25) is 14.5 Å². The van der Waals surface area contributed by atoms with Gasteiger partial charge in [-0.1, -0.05) is 19.1 Å². The fourth-order valence-electron chi connectivity index (χ4n) is 3.21. The molecule has 0 radical (unpaired) electrons. The van der Waals surface area contributed by atoms with Crippen molar-refractivity contribution in [3.05, 3.63) is 24.3 Å². The zero-order chi connectivity index (χ0) is 15.5. The molecule has 2 aliphatic heterocycles. The maximum Gasteiger partial charge on any atom is 0.250 e. The number of carbonyl (C=O) groups is 2. The molecule has 0 aromatic heterocycles. The minimum atomic E-state index is -0.246. The van der Waals surface area contributed by atoms with Crippen LogP contribution in [0.2, 0.25) is 0 Å². The van der Waals surface area contributed by atoms with Crippen LogP contribution in [0.5, 0.6) is 0 Å². The highest BCUT2D eigenvalue weighted by atomic mass is 16.2. The van der Waals surface area contributed by atoms with Crippen LogP contribution in [-0.4, -0.2) is 42.4 Å². The largest absolute Gasteiger partial charge is 0.372 e. The third-order valence-electron chi connectivity index (χ3n) is 4.50. The number of anilines is 2. The first-order valence-electron chi connectivity index (χ1n) is 8.15. The van der Waals surface area contributed by atoms with Crippen molar-refractivity contribution in [1.82, 2.24) is 4.90 Å². The van der Waals surface area contributed by atoms with Crippen molar-refractivity contribution < 1.29 is 9.59 Å². The molecule has 0 aliphatic carbocycles. The Bertz CT molecular complexity index is 567. The predicted octanol–water partition coefficient (Wildman–Crippen LogP) is 2.24. The highest BCUT2D eigenvalue weighted by molar-refractivity contribution is 6.07. The third-order valence-corrected chi connectivity index (χ3v) is 4.50. The first-order chi connectivity index (χ1) is 10.7. The molecule has 5 nitrogen and oxygen atoms in total. The molecule has 2 amide bonds. The van der Waals surface area contributed by atoms with Gasteiger partial charge in [0.1, 0.15) is 12.6 Å². The number of likely N-dealkylation sites (tertiary alicyclic amines) is 1. The molecule has 3 rings (SSSR count). The number of hydrogen-bond donors (Lipinski definition) is 1. The Morgan fingerprint density at radius 1 is 1.23 bits per heavy atom. The Morgan fingerprint density at radius 2 is 1.95 bits per heavy atom. The van der Waals surface area contributed by atoms with Crippen LogP contribution < -0.4 is 10.2 Å². The number of rotatable bonds is 3. The van der Waals surface area contributed by atoms with Gasteiger partial charge in [0.05, 0.1) is 11.4 Å². The first kappa shape index (κ1) is 14.9. The summed E-state index contributed by atoms with van der Waals surface area (Å²) in [5.41, 5.74) is 1.74. The Hall–Kier alpha value is -2.04. The number of benzene rings is 1. The highest BCUT2D eigenvalue weighted by Gasteiger charge is 2.33. The minimum absolute atomic E-state index is 0.00782. The molecule has 1 aromatic rings. The van der Waals surface area contributed by atoms with E-state index in [0.717, 1.165) is 37.3 Å². The van der Waals surface area contributed by atoms with E-state index in [2.05, 4.69) is 5.32 Å². The Kier molecular flexibility index (Phi) is 4.32. The number of fused-ring (bicyclic) bond motifs is 1. The van der Waals surface area contributed by atoms with Crippen LogP contribution in [0.15, 0.2) is 24.3 Å². The van der Waals surface area contributed by atoms with Crippen LogP contribution in [0.1, 0.15) is 32.6 Å². The van der Waals surface area contributed by atoms with Gasteiger partial charge < -0.3 is 10.2 Å². The molecule has 118 valence electrons. The molecule has 1 fully saturated rings. The zero-order valence-corrected chi connectivity index (χ0v) is 13.0. The summed E-state index contributed by atoms with van der Waals surface area (Å²) < 4.78 is 0. The molecule has 0 saturated carbocycles. The summed E-state index contributed by atoms with van der Waals surface area (Å²) in [5, 5.41) is 3.26. The van der Waals surface area contributed by atoms with Crippen LogP contribution in [0.25, 0.3) is 0 Å². The van der Waals surface area contributed by atoms with Crippen LogP contribution in [-0.2, 0) is 9.59 Å². The molecule has 1 atom stereocenters. The van der Waals surface area contributed by atoms with Crippen molar-refractivity contribution in [2.45, 2.75) is 38.6 Å². The standard InChI is InChI=1S/C17H23N3O2/c1-2-13-17(22)20(15-9-5-4-8-14(15)18-13)12-16(21)19-10-6-3-7-11-19/h4-5,8-9,13,18H,2-3,6-7,10-12H2,1H3. The van der Waals surface area contributed by atoms with Gasteiger partial charge in [-0.15, -0.1) is 0 Å². The SMILES string of the molecule is CCC1Nc2ccccc2N(CC(=O)N2CCCCC2)C1=O. The second-order valence-corrected chi connectivity index (χ2v) is 5.99. The van der Waals surface area contributed by atoms with Crippen molar-refractivity contribution in [2.24, 2.45) is 0 Å². The van der Waals surface area contributed by atoms with E-state index in [0.29, 0.717) is 6.42 Å². The van der Waals surface area contributed by atoms with Gasteiger partial charge >= 0.3 is 0 Å². The quantitative estimate of drug-likeness (QED) is 0.931. The van der Waals surface area contributed by atoms with Crippen LogP contribution in [0.3, 0.4) is 0 Å². The number of hydrogen-bond acceptors (Lipinski definition) is 3. The van der Waals surface area contributed by atoms with E-state index in [1.54, 1.807) is 4.90 Å². The molecular formula is C17H23N3O2. The number of nitrogens with one attached hydrogen (secondary N) is 1. The first-order valence-corrected chi connectivity index (χ1v) is 8.15. The Labute approximate surface area is 131 Å². The average molecular weight is 301 g/mol. The number of amides is 2. The van der Waals surface area contributed by atoms with Gasteiger partial charge in [0.15, 0.2) is 0 Å². The van der Waals surface area contributed by atoms with Crippen molar-refractivity contribution in [2.75, 3.05) is 29.9 Å². The van der Waals surface area contributed by atoms with Crippen LogP contribution >= 0.6 is 0 Å². The average Bonchev–Trinajstić information content (AvgIpc) is 2.57. The molecule has 1 aromatic carbocycles. The van der Waals surface area contributed by atoms with Gasteiger partial charge in [0.25, 0.3) is 0 Å². The molecular weight excluding hydrogens is 278 g/mol. The van der Waals surface area contributed by atoms with Crippen molar-refractivity contribution in [3.63, 3.8) is 0 Å². The fourth-order valence-corrected chi connectivity index (χ4v) is 3.21. The molecule has 1 saturated heterocycles. The van der Waals surface area contributed by atoms with Gasteiger partial charge in [-0.25, -0.2) is 0 Å². The van der Waals surface area contributed by atoms with Gasteiger partial charge in [0.2, 0.25) is 11.8 Å². The Balaban J connectivity index is 1.81. The fraction of sp³-hybridized carbons (Fsp3) is 0.529. The zero-order valence-electron chi connectivity index (χ0n) is 13.0. The van der Waals surface area contributed by atoms with Crippen LogP contribution in [0.4, 0.5) is 11.4 Å². The highest BCUT2D eigenvalue weighted by Crippen LogP contribution is 2.31. The molecule has 5 heteroatoms. The van der Waals surface area contributed by atoms with Gasteiger partial charge in [-0.2, -0.15) is 0 Å². The summed E-state index contributed by atoms with van der Waals surface area (Å²) in [4.78, 5) is 28.7. The predicted molar refractivity (Wildman–Crippen MR) is 86.9 cm³/mol. The maximum atomic E-state index is 12.6. The summed E-state index contributed by atoms with van der Waals surface area (Å²) in [6.45, 7) is 3.76. The van der Waals surface area contributed by atoms with E-state index in [1.807, 2.05) is 36.1 Å². The summed E-state index contributed by atoms with van der Waals surface area (Å²) in [6, 6.07) is 7.46. The lowest BCUT2D eigenvalue weighted by Gasteiger charge is -2.36. The summed E-state index contributed by atoms with van der Waals surface area (Å²) in [5.74, 6) is 0.0474. The lowest BCUT2D eigenvalue weighted by Crippen LogP contribution is -2.51. The maximum absolute atomic E-state index is 12.6. The van der Waals surface area contributed by atoms with Crippen molar-refractivity contribution in [1.29, 1.82) is 0 Å². The smallest absolute Gasteiger partial charge is 0.250 e. The monoisotopic (exact) mass is 301 g/mol. The topological polar surface area (TPSA) is 52.7 Å². The number of nitrogens with zero attached hydrogens (tertiary/aromatic N) is 2. The molecule has 1 unspecified atom stereocenters. The van der Waals surface area contributed by atoms with E-state index in [4.69, 9.17) is 0 Å². The van der Waals surface area contributed by atoms with E-state index in [-0.39, 0.29) is 24.4 Å². The molecule has 2 aliphatic rings. The van der Waals surface area contributed by atoms with Crippen molar-refractivity contribution in [3.8, 4) is 0 Å². The number of piperidine rings is 1. The molecule has 0 bridgehead atoms. The van der Waals surface area contributed by atoms with E-state index in [1.165, 1.54) is 6.42 Å². The molecule has 1 N–H and O–H groups in total. The number of para-hydroxylation sites is 2. The van der Waals surface area contributed by atoms with E-state index < -0.39 is 0 Å². The second-order valence-electron chi connectivity index (χ2n) is 5.99. The molecule has 0 spiro atoms. The minimum Gasteiger partial charge on any atom is -0.372 e. The van der Waals surface area contributed by atoms with Gasteiger partial charge in [-0.05, 0) is 37.8 Å². The lowest BCUT2D eigenvalue weighted by atomic mass is 10.1. The second kappa shape index (κ2) is 6.38. The normalized spacial score (nSPS) is 21.3. The lowest BCUT2D eigenvalue weighted by molar-refractivity contribution is -0.132. The summed E-state index contributed by atoms with van der Waals surface area (Å²) >= 11 is 0.